The highest BCUT2D eigenvalue weighted by Gasteiger charge is 2.39. The number of piperidine rings is 2. The van der Waals surface area contributed by atoms with Gasteiger partial charge in [0.25, 0.3) is 5.91 Å². The quantitative estimate of drug-likeness (QED) is 0.293. The van der Waals surface area contributed by atoms with Crippen molar-refractivity contribution in [2.75, 3.05) is 31.2 Å². The number of nitrogens with one attached hydrogen (secondary N) is 1. The number of hydrogen-bond acceptors (Lipinski definition) is 6. The Balaban J connectivity index is 1.36. The average molecular weight is 486 g/mol. The highest BCUT2D eigenvalue weighted by molar-refractivity contribution is 6.05. The maximum absolute atomic E-state index is 13.0. The van der Waals surface area contributed by atoms with Gasteiger partial charge in [-0.05, 0) is 55.9 Å². The van der Waals surface area contributed by atoms with Gasteiger partial charge in [-0.1, -0.05) is 26.7 Å². The summed E-state index contributed by atoms with van der Waals surface area (Å²) in [4.78, 5) is 40.7. The number of rotatable bonds is 11. The average Bonchev–Trinajstić information content (AvgIpc) is 3.19. The molecule has 3 heterocycles. The van der Waals surface area contributed by atoms with E-state index in [-0.39, 0.29) is 30.4 Å². The van der Waals surface area contributed by atoms with Gasteiger partial charge >= 0.3 is 0 Å². The molecule has 0 radical (unpaired) electrons. The van der Waals surface area contributed by atoms with Crippen molar-refractivity contribution in [3.63, 3.8) is 0 Å². The molecule has 1 atom stereocenters. The Morgan fingerprint density at radius 2 is 1.69 bits per heavy atom. The van der Waals surface area contributed by atoms with Crippen LogP contribution in [-0.2, 0) is 25.6 Å². The number of imide groups is 1. The molecule has 0 aliphatic carbocycles. The fourth-order valence-corrected chi connectivity index (χ4v) is 5.20. The lowest BCUT2D eigenvalue weighted by molar-refractivity contribution is -0.177. The van der Waals surface area contributed by atoms with Gasteiger partial charge < -0.3 is 19.3 Å². The minimum absolute atomic E-state index is 0.129. The number of unbranched alkanes of at least 4 members (excludes halogenated alkanes) is 2. The number of anilines is 1. The highest BCUT2D eigenvalue weighted by Crippen LogP contribution is 2.33. The van der Waals surface area contributed by atoms with Crippen molar-refractivity contribution in [3.8, 4) is 0 Å². The number of carbonyl (C=O) groups is 3. The molecule has 1 unspecified atom stereocenters. The summed E-state index contributed by atoms with van der Waals surface area (Å²) in [6.07, 6.45) is 6.85. The van der Waals surface area contributed by atoms with Crippen LogP contribution >= 0.6 is 0 Å². The van der Waals surface area contributed by atoms with Crippen LogP contribution in [0.25, 0.3) is 0 Å². The Hall–Kier alpha value is -2.45. The third kappa shape index (κ3) is 6.04. The highest BCUT2D eigenvalue weighted by atomic mass is 16.7. The molecular formula is C27H39N3O5. The molecule has 1 aromatic rings. The van der Waals surface area contributed by atoms with E-state index in [1.54, 1.807) is 4.90 Å². The molecule has 1 N–H and O–H groups in total. The number of hydrogen-bond donors (Lipinski definition) is 1. The molecule has 3 amide bonds. The van der Waals surface area contributed by atoms with Crippen molar-refractivity contribution in [3.05, 3.63) is 29.3 Å². The van der Waals surface area contributed by atoms with E-state index in [2.05, 4.69) is 30.1 Å². The van der Waals surface area contributed by atoms with E-state index in [0.29, 0.717) is 24.4 Å². The second-order valence-electron chi connectivity index (χ2n) is 9.88. The molecule has 8 nitrogen and oxygen atoms in total. The zero-order valence-electron chi connectivity index (χ0n) is 21.1. The largest absolute Gasteiger partial charge is 0.372 e. The zero-order valence-corrected chi connectivity index (χ0v) is 21.1. The first-order chi connectivity index (χ1) is 17.0. The third-order valence-corrected chi connectivity index (χ3v) is 7.36. The third-order valence-electron chi connectivity index (χ3n) is 7.36. The smallest absolute Gasteiger partial charge is 0.255 e. The standard InChI is InChI=1S/C27H39N3O5/c1-3-5-15-34-27(35-16-6-4-2)19-11-13-29(14-12-19)21-7-8-22-20(17-21)18-30(26(22)33)23-9-10-24(31)28-25(23)32/h7-8,17,19,23,27H,3-6,9-16,18H2,1-2H3,(H,28,31,32). The lowest BCUT2D eigenvalue weighted by atomic mass is 9.95. The predicted octanol–water partition coefficient (Wildman–Crippen LogP) is 3.62. The minimum Gasteiger partial charge on any atom is -0.372 e. The van der Waals surface area contributed by atoms with E-state index < -0.39 is 6.04 Å². The number of carbonyl (C=O) groups excluding carboxylic acids is 3. The summed E-state index contributed by atoms with van der Waals surface area (Å²) >= 11 is 0. The van der Waals surface area contributed by atoms with Crippen molar-refractivity contribution in [2.45, 2.75) is 84.1 Å². The summed E-state index contributed by atoms with van der Waals surface area (Å²) < 4.78 is 12.3. The molecule has 0 saturated carbocycles. The zero-order chi connectivity index (χ0) is 24.8. The molecule has 0 spiro atoms. The van der Waals surface area contributed by atoms with Crippen LogP contribution in [0.3, 0.4) is 0 Å². The minimum atomic E-state index is -0.579. The van der Waals surface area contributed by atoms with Crippen LogP contribution < -0.4 is 10.2 Å². The lowest BCUT2D eigenvalue weighted by Crippen LogP contribution is -2.52. The predicted molar refractivity (Wildman–Crippen MR) is 133 cm³/mol. The maximum atomic E-state index is 13.0. The number of amides is 3. The summed E-state index contributed by atoms with van der Waals surface area (Å²) in [6, 6.07) is 5.41. The van der Waals surface area contributed by atoms with Gasteiger partial charge in [0.1, 0.15) is 6.04 Å². The van der Waals surface area contributed by atoms with Crippen LogP contribution in [0.15, 0.2) is 18.2 Å². The molecule has 3 aliphatic rings. The number of benzene rings is 1. The first-order valence-corrected chi connectivity index (χ1v) is 13.3. The second kappa shape index (κ2) is 12.0. The molecule has 8 heteroatoms. The first kappa shape index (κ1) is 25.6. The monoisotopic (exact) mass is 485 g/mol. The Morgan fingerprint density at radius 3 is 2.31 bits per heavy atom. The Morgan fingerprint density at radius 1 is 1.00 bits per heavy atom. The van der Waals surface area contributed by atoms with Gasteiger partial charge in [-0.15, -0.1) is 0 Å². The molecule has 35 heavy (non-hydrogen) atoms. The van der Waals surface area contributed by atoms with E-state index in [0.717, 1.165) is 76.1 Å². The van der Waals surface area contributed by atoms with E-state index in [1.165, 1.54) is 0 Å². The van der Waals surface area contributed by atoms with Crippen molar-refractivity contribution in [2.24, 2.45) is 5.92 Å². The summed E-state index contributed by atoms with van der Waals surface area (Å²) in [7, 11) is 0. The van der Waals surface area contributed by atoms with Gasteiger partial charge in [-0.3, -0.25) is 19.7 Å². The molecule has 2 saturated heterocycles. The molecule has 0 bridgehead atoms. The summed E-state index contributed by atoms with van der Waals surface area (Å²) in [5.74, 6) is -0.383. The summed E-state index contributed by atoms with van der Waals surface area (Å²) in [5.41, 5.74) is 2.71. The van der Waals surface area contributed by atoms with Gasteiger partial charge in [0.2, 0.25) is 11.8 Å². The molecule has 3 aliphatic heterocycles. The van der Waals surface area contributed by atoms with E-state index in [1.807, 2.05) is 12.1 Å². The molecule has 0 aromatic heterocycles. The molecule has 4 rings (SSSR count). The summed E-state index contributed by atoms with van der Waals surface area (Å²) in [6.45, 7) is 8.07. The van der Waals surface area contributed by atoms with Crippen molar-refractivity contribution in [1.29, 1.82) is 0 Å². The molecule has 192 valence electrons. The Labute approximate surface area is 208 Å². The van der Waals surface area contributed by atoms with Crippen LogP contribution in [0.4, 0.5) is 5.69 Å². The van der Waals surface area contributed by atoms with Gasteiger partial charge in [0.05, 0.1) is 0 Å². The number of ether oxygens (including phenoxy) is 2. The van der Waals surface area contributed by atoms with Gasteiger partial charge in [-0.2, -0.15) is 0 Å². The van der Waals surface area contributed by atoms with E-state index in [9.17, 15) is 14.4 Å². The van der Waals surface area contributed by atoms with Crippen molar-refractivity contribution in [1.82, 2.24) is 10.2 Å². The van der Waals surface area contributed by atoms with Gasteiger partial charge in [0, 0.05) is 56.4 Å². The van der Waals surface area contributed by atoms with Gasteiger partial charge in [-0.25, -0.2) is 0 Å². The Bertz CT molecular complexity index is 902. The van der Waals surface area contributed by atoms with E-state index in [4.69, 9.17) is 9.47 Å². The van der Waals surface area contributed by atoms with Crippen LogP contribution in [0, 0.1) is 5.92 Å². The molecule has 1 aromatic carbocycles. The normalized spacial score (nSPS) is 21.1. The second-order valence-corrected chi connectivity index (χ2v) is 9.88. The van der Waals surface area contributed by atoms with E-state index >= 15 is 0 Å². The maximum Gasteiger partial charge on any atom is 0.255 e. The number of fused-ring (bicyclic) bond motifs is 1. The number of nitrogens with zero attached hydrogens (tertiary/aromatic N) is 2. The van der Waals surface area contributed by atoms with Gasteiger partial charge in [0.15, 0.2) is 6.29 Å². The van der Waals surface area contributed by atoms with Crippen LogP contribution in [0.2, 0.25) is 0 Å². The fourth-order valence-electron chi connectivity index (χ4n) is 5.20. The summed E-state index contributed by atoms with van der Waals surface area (Å²) in [5, 5.41) is 2.36. The topological polar surface area (TPSA) is 88.2 Å². The Kier molecular flexibility index (Phi) is 8.78. The first-order valence-electron chi connectivity index (χ1n) is 13.3. The fraction of sp³-hybridized carbons (Fsp3) is 0.667. The van der Waals surface area contributed by atoms with Crippen LogP contribution in [0.5, 0.6) is 0 Å². The van der Waals surface area contributed by atoms with Crippen LogP contribution in [-0.4, -0.2) is 61.3 Å². The van der Waals surface area contributed by atoms with Crippen LogP contribution in [0.1, 0.15) is 81.1 Å². The van der Waals surface area contributed by atoms with Crippen molar-refractivity contribution < 1.29 is 23.9 Å². The molecule has 2 fully saturated rings. The lowest BCUT2D eigenvalue weighted by Gasteiger charge is -2.37. The molecular weight excluding hydrogens is 446 g/mol. The van der Waals surface area contributed by atoms with Crippen molar-refractivity contribution >= 4 is 23.4 Å². The SMILES string of the molecule is CCCCOC(OCCCC)C1CCN(c2ccc3c(c2)CN(C2CCC(=O)NC2=O)C3=O)CC1.